The van der Waals surface area contributed by atoms with E-state index in [1.807, 2.05) is 0 Å². The fourth-order valence-corrected chi connectivity index (χ4v) is 3.89. The molecule has 2 amide bonds. The molecule has 1 fully saturated rings. The predicted molar refractivity (Wildman–Crippen MR) is 120 cm³/mol. The minimum Gasteiger partial charge on any atom is -0.490 e. The Morgan fingerprint density at radius 3 is 2.56 bits per heavy atom. The lowest BCUT2D eigenvalue weighted by molar-refractivity contribution is -0.123. The third-order valence-electron chi connectivity index (χ3n) is 4.39. The standard InChI is InChI=1S/C23H16ClNO6S/c24-17-4-1-2-5-18(17)30-13-11-25-21(26)20(32-23(25)28)14-15-7-9-16(10-8-15)31-22(27)19-6-3-12-29-19/h1-10,12,14H,11,13H2/b20-14-. The minimum absolute atomic E-state index is 0.0984. The van der Waals surface area contributed by atoms with Gasteiger partial charge in [-0.25, -0.2) is 4.79 Å². The van der Waals surface area contributed by atoms with Gasteiger partial charge in [-0.1, -0.05) is 35.9 Å². The van der Waals surface area contributed by atoms with Gasteiger partial charge < -0.3 is 13.9 Å². The Kier molecular flexibility index (Phi) is 6.63. The van der Waals surface area contributed by atoms with Gasteiger partial charge in [0.25, 0.3) is 11.1 Å². The van der Waals surface area contributed by atoms with E-state index in [-0.39, 0.29) is 24.2 Å². The Morgan fingerprint density at radius 2 is 1.84 bits per heavy atom. The first-order valence-corrected chi connectivity index (χ1v) is 10.7. The summed E-state index contributed by atoms with van der Waals surface area (Å²) in [5.74, 6) is -0.0851. The Balaban J connectivity index is 1.35. The molecule has 162 valence electrons. The minimum atomic E-state index is -0.608. The number of ether oxygens (including phenoxy) is 2. The molecule has 1 aromatic heterocycles. The summed E-state index contributed by atoms with van der Waals surface area (Å²) >= 11 is 6.90. The summed E-state index contributed by atoms with van der Waals surface area (Å²) in [6.45, 7) is 0.236. The molecule has 32 heavy (non-hydrogen) atoms. The quantitative estimate of drug-likeness (QED) is 0.265. The fraction of sp³-hybridized carbons (Fsp3) is 0.0870. The number of para-hydroxylation sites is 1. The molecule has 0 radical (unpaired) electrons. The van der Waals surface area contributed by atoms with E-state index < -0.39 is 11.9 Å². The number of hydrogen-bond donors (Lipinski definition) is 0. The maximum Gasteiger partial charge on any atom is 0.379 e. The van der Waals surface area contributed by atoms with Gasteiger partial charge in [-0.05, 0) is 59.8 Å². The molecule has 7 nitrogen and oxygen atoms in total. The van der Waals surface area contributed by atoms with Crippen LogP contribution >= 0.6 is 23.4 Å². The summed E-state index contributed by atoms with van der Waals surface area (Å²) in [7, 11) is 0. The van der Waals surface area contributed by atoms with Crippen molar-refractivity contribution in [1.82, 2.24) is 4.90 Å². The van der Waals surface area contributed by atoms with Gasteiger partial charge in [0.05, 0.1) is 22.7 Å². The van der Waals surface area contributed by atoms with Crippen molar-refractivity contribution >= 4 is 46.6 Å². The van der Waals surface area contributed by atoms with Crippen LogP contribution in [0.25, 0.3) is 6.08 Å². The second kappa shape index (κ2) is 9.76. The largest absolute Gasteiger partial charge is 0.490 e. The van der Waals surface area contributed by atoms with Crippen LogP contribution in [0.15, 0.2) is 76.2 Å². The van der Waals surface area contributed by atoms with Crippen molar-refractivity contribution in [2.75, 3.05) is 13.2 Å². The zero-order valence-corrected chi connectivity index (χ0v) is 18.1. The molecule has 0 saturated carbocycles. The second-order valence-electron chi connectivity index (χ2n) is 6.55. The van der Waals surface area contributed by atoms with Crippen LogP contribution in [-0.4, -0.2) is 35.2 Å². The molecule has 1 aliphatic rings. The summed E-state index contributed by atoms with van der Waals surface area (Å²) in [5.41, 5.74) is 0.681. The SMILES string of the molecule is O=C(Oc1ccc(/C=C2\SC(=O)N(CCOc3ccccc3Cl)C2=O)cc1)c1ccco1. The van der Waals surface area contributed by atoms with E-state index in [0.29, 0.717) is 27.0 Å². The van der Waals surface area contributed by atoms with E-state index in [2.05, 4.69) is 0 Å². The molecule has 9 heteroatoms. The van der Waals surface area contributed by atoms with Crippen LogP contribution in [0.1, 0.15) is 16.1 Å². The number of amides is 2. The fourth-order valence-electron chi connectivity index (χ4n) is 2.84. The molecule has 0 unspecified atom stereocenters. The highest BCUT2D eigenvalue weighted by Crippen LogP contribution is 2.32. The number of hydrogen-bond acceptors (Lipinski definition) is 7. The lowest BCUT2D eigenvalue weighted by Crippen LogP contribution is -2.32. The molecular weight excluding hydrogens is 454 g/mol. The van der Waals surface area contributed by atoms with Gasteiger partial charge in [-0.15, -0.1) is 0 Å². The van der Waals surface area contributed by atoms with Gasteiger partial charge in [0.1, 0.15) is 18.1 Å². The Labute approximate surface area is 192 Å². The van der Waals surface area contributed by atoms with Crippen LogP contribution in [0, 0.1) is 0 Å². The molecule has 1 aliphatic heterocycles. The third kappa shape index (κ3) is 5.04. The highest BCUT2D eigenvalue weighted by atomic mass is 35.5. The number of esters is 1. The predicted octanol–water partition coefficient (Wildman–Crippen LogP) is 5.27. The van der Waals surface area contributed by atoms with Crippen molar-refractivity contribution in [1.29, 1.82) is 0 Å². The molecule has 2 aromatic carbocycles. The molecule has 3 aromatic rings. The Hall–Kier alpha value is -3.49. The summed E-state index contributed by atoms with van der Waals surface area (Å²) in [4.78, 5) is 38.2. The van der Waals surface area contributed by atoms with Gasteiger partial charge in [-0.2, -0.15) is 0 Å². The number of halogens is 1. The summed E-state index contributed by atoms with van der Waals surface area (Å²) in [6, 6.07) is 16.6. The molecule has 2 heterocycles. The van der Waals surface area contributed by atoms with Gasteiger partial charge in [-0.3, -0.25) is 14.5 Å². The number of rotatable bonds is 7. The normalized spacial score (nSPS) is 14.8. The topological polar surface area (TPSA) is 86.0 Å². The molecule has 0 bridgehead atoms. The zero-order valence-electron chi connectivity index (χ0n) is 16.5. The second-order valence-corrected chi connectivity index (χ2v) is 7.95. The van der Waals surface area contributed by atoms with E-state index in [1.54, 1.807) is 60.7 Å². The van der Waals surface area contributed by atoms with E-state index >= 15 is 0 Å². The Bertz CT molecular complexity index is 1170. The first kappa shape index (κ1) is 21.7. The van der Waals surface area contributed by atoms with Crippen molar-refractivity contribution < 1.29 is 28.3 Å². The summed E-state index contributed by atoms with van der Waals surface area (Å²) < 4.78 is 15.8. The highest BCUT2D eigenvalue weighted by Gasteiger charge is 2.34. The molecule has 0 N–H and O–H groups in total. The maximum atomic E-state index is 12.6. The molecule has 0 spiro atoms. The van der Waals surface area contributed by atoms with Crippen molar-refractivity contribution in [3.63, 3.8) is 0 Å². The maximum absolute atomic E-state index is 12.6. The zero-order chi connectivity index (χ0) is 22.5. The van der Waals surface area contributed by atoms with Gasteiger partial charge in [0.2, 0.25) is 5.76 Å². The average Bonchev–Trinajstić information content (AvgIpc) is 3.41. The van der Waals surface area contributed by atoms with Gasteiger partial charge in [0, 0.05) is 0 Å². The van der Waals surface area contributed by atoms with Crippen LogP contribution in [0.4, 0.5) is 4.79 Å². The number of furan rings is 1. The van der Waals surface area contributed by atoms with Crippen LogP contribution in [0.2, 0.25) is 5.02 Å². The van der Waals surface area contributed by atoms with E-state index in [4.69, 9.17) is 25.5 Å². The summed E-state index contributed by atoms with van der Waals surface area (Å²) in [5, 5.41) is 0.0906. The Morgan fingerprint density at radius 1 is 1.06 bits per heavy atom. The monoisotopic (exact) mass is 469 g/mol. The highest BCUT2D eigenvalue weighted by molar-refractivity contribution is 8.18. The number of benzene rings is 2. The van der Waals surface area contributed by atoms with Crippen LogP contribution < -0.4 is 9.47 Å². The summed E-state index contributed by atoms with van der Waals surface area (Å²) in [6.07, 6.45) is 2.99. The van der Waals surface area contributed by atoms with Crippen molar-refractivity contribution in [2.45, 2.75) is 0 Å². The lowest BCUT2D eigenvalue weighted by Gasteiger charge is -2.13. The van der Waals surface area contributed by atoms with E-state index in [9.17, 15) is 14.4 Å². The number of carbonyl (C=O) groups excluding carboxylic acids is 3. The lowest BCUT2D eigenvalue weighted by atomic mass is 10.2. The van der Waals surface area contributed by atoms with Crippen LogP contribution in [0.5, 0.6) is 11.5 Å². The van der Waals surface area contributed by atoms with Gasteiger partial charge in [0.15, 0.2) is 0 Å². The first-order valence-electron chi connectivity index (χ1n) is 9.50. The average molecular weight is 470 g/mol. The molecule has 0 aliphatic carbocycles. The van der Waals surface area contributed by atoms with Crippen molar-refractivity contribution in [3.05, 3.63) is 88.2 Å². The number of thioether (sulfide) groups is 1. The molecular formula is C23H16ClNO6S. The van der Waals surface area contributed by atoms with E-state index in [0.717, 1.165) is 16.7 Å². The molecule has 1 saturated heterocycles. The number of imide groups is 1. The number of carbonyl (C=O) groups is 3. The number of nitrogens with zero attached hydrogens (tertiary/aromatic N) is 1. The van der Waals surface area contributed by atoms with Crippen molar-refractivity contribution in [2.24, 2.45) is 0 Å². The van der Waals surface area contributed by atoms with E-state index in [1.165, 1.54) is 12.3 Å². The molecule has 4 rings (SSSR count). The smallest absolute Gasteiger partial charge is 0.379 e. The van der Waals surface area contributed by atoms with Crippen LogP contribution in [-0.2, 0) is 4.79 Å². The van der Waals surface area contributed by atoms with Crippen molar-refractivity contribution in [3.8, 4) is 11.5 Å². The van der Waals surface area contributed by atoms with Gasteiger partial charge >= 0.3 is 5.97 Å². The van der Waals surface area contributed by atoms with Crippen LogP contribution in [0.3, 0.4) is 0 Å². The third-order valence-corrected chi connectivity index (χ3v) is 5.61. The first-order chi connectivity index (χ1) is 15.5. The molecule has 0 atom stereocenters.